The first-order valence-electron chi connectivity index (χ1n) is 8.44. The van der Waals surface area contributed by atoms with E-state index in [9.17, 15) is 14.7 Å². The molecule has 0 spiro atoms. The van der Waals surface area contributed by atoms with Crippen LogP contribution in [0.1, 0.15) is 24.1 Å². The molecule has 1 N–H and O–H groups in total. The summed E-state index contributed by atoms with van der Waals surface area (Å²) in [4.78, 5) is 25.7. The summed E-state index contributed by atoms with van der Waals surface area (Å²) < 4.78 is 10.3. The Morgan fingerprint density at radius 3 is 2.19 bits per heavy atom. The van der Waals surface area contributed by atoms with Crippen molar-refractivity contribution in [2.24, 2.45) is 0 Å². The third-order valence-electron chi connectivity index (χ3n) is 3.78. The number of rotatable bonds is 8. The van der Waals surface area contributed by atoms with Crippen molar-refractivity contribution in [3.05, 3.63) is 71.8 Å². The molecule has 26 heavy (non-hydrogen) atoms. The zero-order chi connectivity index (χ0) is 18.8. The molecular formula is C20H23NO5. The molecule has 2 rings (SSSR count). The number of amides is 1. The van der Waals surface area contributed by atoms with Crippen LogP contribution in [0.2, 0.25) is 0 Å². The van der Waals surface area contributed by atoms with Gasteiger partial charge in [-0.3, -0.25) is 9.69 Å². The van der Waals surface area contributed by atoms with Crippen molar-refractivity contribution in [1.82, 2.24) is 4.90 Å². The number of hydrogen-bond acceptors (Lipinski definition) is 5. The first-order chi connectivity index (χ1) is 12.7. The van der Waals surface area contributed by atoms with Crippen molar-refractivity contribution in [3.8, 4) is 0 Å². The second-order valence-electron chi connectivity index (χ2n) is 5.58. The summed E-state index contributed by atoms with van der Waals surface area (Å²) >= 11 is 0. The van der Waals surface area contributed by atoms with Crippen LogP contribution >= 0.6 is 0 Å². The molecule has 6 heteroatoms. The summed E-state index contributed by atoms with van der Waals surface area (Å²) in [6.07, 6.45) is -0.690. The Labute approximate surface area is 153 Å². The molecule has 0 aliphatic heterocycles. The zero-order valence-corrected chi connectivity index (χ0v) is 14.7. The van der Waals surface area contributed by atoms with Gasteiger partial charge in [-0.1, -0.05) is 60.7 Å². The maximum atomic E-state index is 12.6. The smallest absolute Gasteiger partial charge is 0.411 e. The lowest BCUT2D eigenvalue weighted by Gasteiger charge is -2.29. The van der Waals surface area contributed by atoms with Crippen LogP contribution in [-0.4, -0.2) is 41.8 Å². The first kappa shape index (κ1) is 19.5. The molecule has 6 nitrogen and oxygen atoms in total. The van der Waals surface area contributed by atoms with Gasteiger partial charge in [-0.05, 0) is 18.1 Å². The Morgan fingerprint density at radius 2 is 1.62 bits per heavy atom. The number of esters is 1. The maximum absolute atomic E-state index is 12.6. The average molecular weight is 357 g/mol. The van der Waals surface area contributed by atoms with Gasteiger partial charge >= 0.3 is 12.1 Å². The Morgan fingerprint density at radius 1 is 1.00 bits per heavy atom. The number of carbonyl (C=O) groups is 2. The van der Waals surface area contributed by atoms with Gasteiger partial charge in [0.2, 0.25) is 0 Å². The fourth-order valence-corrected chi connectivity index (χ4v) is 2.51. The van der Waals surface area contributed by atoms with Gasteiger partial charge in [-0.15, -0.1) is 0 Å². The van der Waals surface area contributed by atoms with Crippen LogP contribution in [-0.2, 0) is 20.9 Å². The van der Waals surface area contributed by atoms with Gasteiger partial charge in [0.1, 0.15) is 13.2 Å². The highest BCUT2D eigenvalue weighted by atomic mass is 16.6. The normalized spacial score (nSPS) is 11.5. The summed E-state index contributed by atoms with van der Waals surface area (Å²) in [5, 5.41) is 9.83. The van der Waals surface area contributed by atoms with Crippen LogP contribution in [0.3, 0.4) is 0 Å². The quantitative estimate of drug-likeness (QED) is 0.735. The minimum Gasteiger partial charge on any atom is -0.465 e. The van der Waals surface area contributed by atoms with Gasteiger partial charge in [-0.2, -0.15) is 0 Å². The van der Waals surface area contributed by atoms with E-state index in [0.29, 0.717) is 5.56 Å². The van der Waals surface area contributed by atoms with Gasteiger partial charge in [0.05, 0.1) is 19.3 Å². The number of benzene rings is 2. The SMILES string of the molecule is CCOC(=O)CN(C(=O)OCc1ccccc1)[C@H](CO)c1ccccc1. The van der Waals surface area contributed by atoms with E-state index in [1.807, 2.05) is 36.4 Å². The summed E-state index contributed by atoms with van der Waals surface area (Å²) in [5.74, 6) is -0.557. The summed E-state index contributed by atoms with van der Waals surface area (Å²) in [6.45, 7) is 1.33. The highest BCUT2D eigenvalue weighted by Gasteiger charge is 2.28. The Hall–Kier alpha value is -2.86. The largest absolute Gasteiger partial charge is 0.465 e. The number of ether oxygens (including phenoxy) is 2. The third-order valence-corrected chi connectivity index (χ3v) is 3.78. The molecule has 0 radical (unpaired) electrons. The van der Waals surface area contributed by atoms with E-state index in [2.05, 4.69) is 0 Å². The van der Waals surface area contributed by atoms with E-state index < -0.39 is 18.1 Å². The summed E-state index contributed by atoms with van der Waals surface area (Å²) in [5.41, 5.74) is 1.54. The van der Waals surface area contributed by atoms with Crippen LogP contribution in [0.25, 0.3) is 0 Å². The van der Waals surface area contributed by atoms with Crippen molar-refractivity contribution < 1.29 is 24.2 Å². The highest BCUT2D eigenvalue weighted by Crippen LogP contribution is 2.21. The zero-order valence-electron chi connectivity index (χ0n) is 14.7. The minimum atomic E-state index is -0.705. The van der Waals surface area contributed by atoms with E-state index in [0.717, 1.165) is 5.56 Å². The first-order valence-corrected chi connectivity index (χ1v) is 8.44. The number of hydrogen-bond donors (Lipinski definition) is 1. The van der Waals surface area contributed by atoms with Gasteiger partial charge in [0.25, 0.3) is 0 Å². The van der Waals surface area contributed by atoms with Gasteiger partial charge in [-0.25, -0.2) is 4.79 Å². The third kappa shape index (κ3) is 5.60. The maximum Gasteiger partial charge on any atom is 0.411 e. The summed E-state index contributed by atoms with van der Waals surface area (Å²) in [7, 11) is 0. The van der Waals surface area contributed by atoms with Gasteiger partial charge < -0.3 is 14.6 Å². The van der Waals surface area contributed by atoms with Crippen molar-refractivity contribution in [2.45, 2.75) is 19.6 Å². The lowest BCUT2D eigenvalue weighted by atomic mass is 10.1. The van der Waals surface area contributed by atoms with Crippen molar-refractivity contribution in [3.63, 3.8) is 0 Å². The number of aliphatic hydroxyl groups excluding tert-OH is 1. The Kier molecular flexibility index (Phi) is 7.64. The second-order valence-corrected chi connectivity index (χ2v) is 5.58. The average Bonchev–Trinajstić information content (AvgIpc) is 2.68. The molecule has 138 valence electrons. The van der Waals surface area contributed by atoms with Crippen LogP contribution < -0.4 is 0 Å². The Bertz CT molecular complexity index is 690. The van der Waals surface area contributed by atoms with Crippen molar-refractivity contribution in [1.29, 1.82) is 0 Å². The number of aliphatic hydroxyl groups is 1. The number of carbonyl (C=O) groups excluding carboxylic acids is 2. The molecule has 0 heterocycles. The van der Waals surface area contributed by atoms with Gasteiger partial charge in [0, 0.05) is 0 Å². The topological polar surface area (TPSA) is 76.1 Å². The molecular weight excluding hydrogens is 334 g/mol. The summed E-state index contributed by atoms with van der Waals surface area (Å²) in [6, 6.07) is 17.5. The highest BCUT2D eigenvalue weighted by molar-refractivity contribution is 5.78. The Balaban J connectivity index is 2.15. The molecule has 1 atom stereocenters. The molecule has 2 aromatic rings. The van der Waals surface area contributed by atoms with E-state index in [1.165, 1.54) is 4.90 Å². The minimum absolute atomic E-state index is 0.0753. The van der Waals surface area contributed by atoms with Crippen LogP contribution in [0.15, 0.2) is 60.7 Å². The van der Waals surface area contributed by atoms with Crippen LogP contribution in [0.5, 0.6) is 0 Å². The van der Waals surface area contributed by atoms with Crippen molar-refractivity contribution in [2.75, 3.05) is 19.8 Å². The molecule has 0 aliphatic rings. The van der Waals surface area contributed by atoms with E-state index in [4.69, 9.17) is 9.47 Å². The molecule has 0 fully saturated rings. The molecule has 0 saturated heterocycles. The molecule has 0 saturated carbocycles. The fourth-order valence-electron chi connectivity index (χ4n) is 2.51. The second kappa shape index (κ2) is 10.2. The lowest BCUT2D eigenvalue weighted by Crippen LogP contribution is -2.41. The van der Waals surface area contributed by atoms with E-state index in [-0.39, 0.29) is 26.4 Å². The van der Waals surface area contributed by atoms with E-state index >= 15 is 0 Å². The molecule has 0 bridgehead atoms. The van der Waals surface area contributed by atoms with Gasteiger partial charge in [0.15, 0.2) is 0 Å². The standard InChI is InChI=1S/C20H23NO5/c1-2-25-19(23)13-21(18(14-22)17-11-7-4-8-12-17)20(24)26-15-16-9-5-3-6-10-16/h3-12,18,22H,2,13-15H2,1H3/t18-/m1/s1. The van der Waals surface area contributed by atoms with Crippen LogP contribution in [0.4, 0.5) is 4.79 Å². The lowest BCUT2D eigenvalue weighted by molar-refractivity contribution is -0.144. The monoisotopic (exact) mass is 357 g/mol. The number of nitrogens with zero attached hydrogens (tertiary/aromatic N) is 1. The predicted octanol–water partition coefficient (Wildman–Crippen LogP) is 2.92. The molecule has 0 unspecified atom stereocenters. The van der Waals surface area contributed by atoms with Crippen molar-refractivity contribution >= 4 is 12.1 Å². The molecule has 1 amide bonds. The van der Waals surface area contributed by atoms with Crippen LogP contribution in [0, 0.1) is 0 Å². The molecule has 0 aromatic heterocycles. The molecule has 0 aliphatic carbocycles. The fraction of sp³-hybridized carbons (Fsp3) is 0.300. The molecule has 2 aromatic carbocycles. The van der Waals surface area contributed by atoms with E-state index in [1.54, 1.807) is 31.2 Å². The predicted molar refractivity (Wildman–Crippen MR) is 96.2 cm³/mol.